The first-order valence-electron chi connectivity index (χ1n) is 10.4. The lowest BCUT2D eigenvalue weighted by molar-refractivity contribution is -0.119. The lowest BCUT2D eigenvalue weighted by Crippen LogP contribution is -2.39. The number of sulfonamides is 1. The van der Waals surface area contributed by atoms with Gasteiger partial charge in [-0.05, 0) is 57.9 Å². The average Bonchev–Trinajstić information content (AvgIpc) is 2.81. The summed E-state index contributed by atoms with van der Waals surface area (Å²) in [6, 6.07) is 15.6. The van der Waals surface area contributed by atoms with Gasteiger partial charge in [0, 0.05) is 10.6 Å². The highest BCUT2D eigenvalue weighted by Gasteiger charge is 2.21. The number of anilines is 1. The van der Waals surface area contributed by atoms with E-state index in [1.54, 1.807) is 18.2 Å². The topological polar surface area (TPSA) is 97.3 Å². The van der Waals surface area contributed by atoms with Gasteiger partial charge in [0.2, 0.25) is 10.0 Å². The van der Waals surface area contributed by atoms with Crippen LogP contribution in [0, 0.1) is 5.82 Å². The maximum Gasteiger partial charge on any atom is 0.260 e. The number of amides is 1. The Labute approximate surface area is 221 Å². The molecule has 0 saturated carbocycles. The standard InChI is InChI=1S/C24H22BrClFN3O5S/c1-34-22-11-16(10-20(25)24(22)35-15-17-6-3-4-9-21(17)26)13-28-29-23(31)14-30(36(2,32)33)19-8-5-7-18(27)12-19/h3-13H,14-15H2,1-2H3,(H,29,31)/b28-13-. The Hall–Kier alpha value is -3.15. The van der Waals surface area contributed by atoms with Gasteiger partial charge in [0.25, 0.3) is 5.91 Å². The first-order chi connectivity index (χ1) is 17.1. The van der Waals surface area contributed by atoms with Gasteiger partial charge in [-0.2, -0.15) is 5.10 Å². The van der Waals surface area contributed by atoms with E-state index in [0.717, 1.165) is 22.2 Å². The molecule has 0 fully saturated rings. The largest absolute Gasteiger partial charge is 0.493 e. The van der Waals surface area contributed by atoms with Gasteiger partial charge in [0.15, 0.2) is 11.5 Å². The van der Waals surface area contributed by atoms with E-state index in [0.29, 0.717) is 26.6 Å². The van der Waals surface area contributed by atoms with Crippen molar-refractivity contribution in [2.75, 3.05) is 24.2 Å². The van der Waals surface area contributed by atoms with E-state index in [4.69, 9.17) is 21.1 Å². The van der Waals surface area contributed by atoms with Crippen LogP contribution in [-0.4, -0.2) is 40.4 Å². The van der Waals surface area contributed by atoms with Crippen molar-refractivity contribution in [3.63, 3.8) is 0 Å². The molecule has 0 atom stereocenters. The van der Waals surface area contributed by atoms with Crippen molar-refractivity contribution >= 4 is 55.4 Å². The van der Waals surface area contributed by atoms with E-state index in [9.17, 15) is 17.6 Å². The van der Waals surface area contributed by atoms with Crippen LogP contribution >= 0.6 is 27.5 Å². The van der Waals surface area contributed by atoms with Crippen LogP contribution in [0.3, 0.4) is 0 Å². The van der Waals surface area contributed by atoms with Gasteiger partial charge in [-0.25, -0.2) is 18.2 Å². The minimum atomic E-state index is -3.85. The normalized spacial score (nSPS) is 11.4. The fraction of sp³-hybridized carbons (Fsp3) is 0.167. The van der Waals surface area contributed by atoms with Crippen molar-refractivity contribution in [2.45, 2.75) is 6.61 Å². The zero-order chi connectivity index (χ0) is 26.3. The molecule has 12 heteroatoms. The van der Waals surface area contributed by atoms with Crippen molar-refractivity contribution in [3.05, 3.63) is 87.1 Å². The summed E-state index contributed by atoms with van der Waals surface area (Å²) < 4.78 is 50.5. The molecule has 0 spiro atoms. The molecule has 0 radical (unpaired) electrons. The molecule has 190 valence electrons. The van der Waals surface area contributed by atoms with E-state index in [1.807, 2.05) is 18.2 Å². The average molecular weight is 599 g/mol. The molecule has 3 aromatic carbocycles. The van der Waals surface area contributed by atoms with Gasteiger partial charge in [0.1, 0.15) is 19.0 Å². The molecule has 3 aromatic rings. The second-order valence-corrected chi connectivity index (χ2v) is 10.6. The van der Waals surface area contributed by atoms with Gasteiger partial charge in [-0.3, -0.25) is 9.10 Å². The number of nitrogens with zero attached hydrogens (tertiary/aromatic N) is 2. The molecular formula is C24H22BrClFN3O5S. The molecule has 0 bridgehead atoms. The fourth-order valence-electron chi connectivity index (χ4n) is 3.10. The van der Waals surface area contributed by atoms with Crippen LogP contribution in [-0.2, 0) is 21.4 Å². The van der Waals surface area contributed by atoms with E-state index in [1.165, 1.54) is 31.5 Å². The zero-order valence-electron chi connectivity index (χ0n) is 19.2. The summed E-state index contributed by atoms with van der Waals surface area (Å²) in [5, 5.41) is 4.47. The Morgan fingerprint density at radius 2 is 1.94 bits per heavy atom. The summed E-state index contributed by atoms with van der Waals surface area (Å²) in [5.74, 6) is -0.471. The Morgan fingerprint density at radius 1 is 1.19 bits per heavy atom. The second-order valence-electron chi connectivity index (χ2n) is 7.46. The van der Waals surface area contributed by atoms with E-state index >= 15 is 0 Å². The summed E-state index contributed by atoms with van der Waals surface area (Å²) in [7, 11) is -2.36. The van der Waals surface area contributed by atoms with E-state index in [2.05, 4.69) is 26.5 Å². The summed E-state index contributed by atoms with van der Waals surface area (Å²) in [6.07, 6.45) is 2.28. The first kappa shape index (κ1) is 27.4. The highest BCUT2D eigenvalue weighted by atomic mass is 79.9. The van der Waals surface area contributed by atoms with Gasteiger partial charge in [0.05, 0.1) is 29.7 Å². The molecule has 1 N–H and O–H groups in total. The smallest absolute Gasteiger partial charge is 0.260 e. The van der Waals surface area contributed by atoms with Crippen molar-refractivity contribution in [1.29, 1.82) is 0 Å². The van der Waals surface area contributed by atoms with Gasteiger partial charge in [-0.15, -0.1) is 0 Å². The number of carbonyl (C=O) groups is 1. The maximum absolute atomic E-state index is 13.5. The van der Waals surface area contributed by atoms with Crippen molar-refractivity contribution in [1.82, 2.24) is 5.43 Å². The number of hydrazone groups is 1. The van der Waals surface area contributed by atoms with Gasteiger partial charge >= 0.3 is 0 Å². The van der Waals surface area contributed by atoms with Gasteiger partial charge < -0.3 is 9.47 Å². The number of nitrogens with one attached hydrogen (secondary N) is 1. The van der Waals surface area contributed by atoms with Crippen LogP contribution in [0.1, 0.15) is 11.1 Å². The van der Waals surface area contributed by atoms with Crippen molar-refractivity contribution in [3.8, 4) is 11.5 Å². The Morgan fingerprint density at radius 3 is 2.61 bits per heavy atom. The van der Waals surface area contributed by atoms with E-state index < -0.39 is 28.3 Å². The predicted octanol–water partition coefficient (Wildman–Crippen LogP) is 4.75. The monoisotopic (exact) mass is 597 g/mol. The number of carbonyl (C=O) groups excluding carboxylic acids is 1. The molecule has 36 heavy (non-hydrogen) atoms. The van der Waals surface area contributed by atoms with Crippen LogP contribution in [0.25, 0.3) is 0 Å². The van der Waals surface area contributed by atoms with Crippen LogP contribution in [0.5, 0.6) is 11.5 Å². The first-order valence-corrected chi connectivity index (χ1v) is 13.4. The van der Waals surface area contributed by atoms with Crippen LogP contribution < -0.4 is 19.2 Å². The third-order valence-corrected chi connectivity index (χ3v) is 6.87. The number of ether oxygens (including phenoxy) is 2. The second kappa shape index (κ2) is 12.2. The number of hydrogen-bond acceptors (Lipinski definition) is 6. The summed E-state index contributed by atoms with van der Waals surface area (Å²) >= 11 is 9.63. The quantitative estimate of drug-likeness (QED) is 0.269. The van der Waals surface area contributed by atoms with Gasteiger partial charge in [-0.1, -0.05) is 35.9 Å². The predicted molar refractivity (Wildman–Crippen MR) is 141 cm³/mol. The van der Waals surface area contributed by atoms with E-state index in [-0.39, 0.29) is 12.3 Å². The molecule has 0 saturated heterocycles. The third-order valence-electron chi connectivity index (χ3n) is 4.77. The molecule has 0 aliphatic rings. The minimum Gasteiger partial charge on any atom is -0.493 e. The highest BCUT2D eigenvalue weighted by Crippen LogP contribution is 2.37. The number of hydrogen-bond donors (Lipinski definition) is 1. The molecule has 1 amide bonds. The molecule has 0 unspecified atom stereocenters. The molecule has 0 heterocycles. The Bertz CT molecular complexity index is 1390. The zero-order valence-corrected chi connectivity index (χ0v) is 22.4. The molecule has 3 rings (SSSR count). The molecule has 0 aromatic heterocycles. The number of halogens is 3. The molecule has 0 aliphatic heterocycles. The SMILES string of the molecule is COc1cc(/C=N\NC(=O)CN(c2cccc(F)c2)S(C)(=O)=O)cc(Br)c1OCc1ccccc1Cl. The summed E-state index contributed by atoms with van der Waals surface area (Å²) in [5.41, 5.74) is 3.67. The number of rotatable bonds is 10. The van der Waals surface area contributed by atoms with Crippen LogP contribution in [0.2, 0.25) is 5.02 Å². The lowest BCUT2D eigenvalue weighted by Gasteiger charge is -2.21. The summed E-state index contributed by atoms with van der Waals surface area (Å²) in [6.45, 7) is -0.359. The van der Waals surface area contributed by atoms with Crippen molar-refractivity contribution < 1.29 is 27.1 Å². The van der Waals surface area contributed by atoms with Crippen LogP contribution in [0.15, 0.2) is 70.2 Å². The number of methoxy groups -OCH3 is 1. The fourth-order valence-corrected chi connectivity index (χ4v) is 4.71. The summed E-state index contributed by atoms with van der Waals surface area (Å²) in [4.78, 5) is 12.4. The molecule has 8 nitrogen and oxygen atoms in total. The molecular weight excluding hydrogens is 577 g/mol. The Kier molecular flexibility index (Phi) is 9.30. The maximum atomic E-state index is 13.5. The van der Waals surface area contributed by atoms with Crippen LogP contribution in [0.4, 0.5) is 10.1 Å². The van der Waals surface area contributed by atoms with Crippen molar-refractivity contribution in [2.24, 2.45) is 5.10 Å². The third kappa shape index (κ3) is 7.42. The number of benzene rings is 3. The highest BCUT2D eigenvalue weighted by molar-refractivity contribution is 9.10. The lowest BCUT2D eigenvalue weighted by atomic mass is 10.2. The molecule has 0 aliphatic carbocycles. The Balaban J connectivity index is 1.69. The minimum absolute atomic E-state index is 0.0256.